The summed E-state index contributed by atoms with van der Waals surface area (Å²) >= 11 is 0. The molecule has 32 heavy (non-hydrogen) atoms. The van der Waals surface area contributed by atoms with E-state index >= 15 is 0 Å². The van der Waals surface area contributed by atoms with Gasteiger partial charge in [-0.1, -0.05) is 50.7 Å². The lowest BCUT2D eigenvalue weighted by Gasteiger charge is -2.40. The molecule has 8 heteroatoms. The smallest absolute Gasteiger partial charge is 0.303 e. The number of benzene rings is 1. The maximum Gasteiger partial charge on any atom is 0.303 e. The lowest BCUT2D eigenvalue weighted by atomic mass is 9.99. The van der Waals surface area contributed by atoms with E-state index in [1.165, 1.54) is 7.11 Å². The fourth-order valence-electron chi connectivity index (χ4n) is 4.12. The van der Waals surface area contributed by atoms with Crippen molar-refractivity contribution in [3.05, 3.63) is 23.8 Å². The first-order valence-corrected chi connectivity index (χ1v) is 11.6. The monoisotopic (exact) mass is 453 g/mol. The molecule has 0 aliphatic carbocycles. The number of nitrogen functional groups attached to an aromatic ring is 1. The molecule has 0 unspecified atom stereocenters. The van der Waals surface area contributed by atoms with E-state index in [4.69, 9.17) is 25.1 Å². The zero-order chi connectivity index (χ0) is 23.5. The number of anilines is 1. The highest BCUT2D eigenvalue weighted by molar-refractivity contribution is 5.66. The summed E-state index contributed by atoms with van der Waals surface area (Å²) in [6, 6.07) is 5.57. The van der Waals surface area contributed by atoms with Crippen LogP contribution in [-0.4, -0.2) is 59.1 Å². The van der Waals surface area contributed by atoms with Gasteiger partial charge < -0.3 is 35.3 Å². The van der Waals surface area contributed by atoms with Crippen molar-refractivity contribution in [3.8, 4) is 5.75 Å². The normalized spacial score (nSPS) is 25.6. The van der Waals surface area contributed by atoms with Gasteiger partial charge in [-0.05, 0) is 37.8 Å². The summed E-state index contributed by atoms with van der Waals surface area (Å²) in [6.45, 7) is 1.76. The number of carbonyl (C=O) groups is 1. The minimum atomic E-state index is -1.25. The first kappa shape index (κ1) is 26.4. The van der Waals surface area contributed by atoms with Crippen LogP contribution >= 0.6 is 0 Å². The number of methoxy groups -OCH3 is 1. The van der Waals surface area contributed by atoms with Crippen LogP contribution in [0.25, 0.3) is 0 Å². The van der Waals surface area contributed by atoms with Gasteiger partial charge >= 0.3 is 5.97 Å². The molecule has 0 bridgehead atoms. The molecule has 1 fully saturated rings. The second-order valence-corrected chi connectivity index (χ2v) is 8.56. The molecule has 8 nitrogen and oxygen atoms in total. The number of hydrogen-bond acceptors (Lipinski definition) is 7. The number of hydrogen-bond donors (Lipinski definition) is 4. The van der Waals surface area contributed by atoms with Gasteiger partial charge in [0.05, 0.1) is 11.8 Å². The maximum absolute atomic E-state index is 10.5. The lowest BCUT2D eigenvalue weighted by Crippen LogP contribution is -2.58. The topological polar surface area (TPSA) is 131 Å². The number of aliphatic hydroxyl groups is 2. The van der Waals surface area contributed by atoms with E-state index < -0.39 is 36.7 Å². The van der Waals surface area contributed by atoms with Crippen LogP contribution in [0.3, 0.4) is 0 Å². The molecule has 0 spiro atoms. The van der Waals surface area contributed by atoms with Gasteiger partial charge in [0.1, 0.15) is 24.1 Å². The quantitative estimate of drug-likeness (QED) is 0.249. The van der Waals surface area contributed by atoms with E-state index in [-0.39, 0.29) is 6.42 Å². The average molecular weight is 454 g/mol. The van der Waals surface area contributed by atoms with Gasteiger partial charge in [-0.25, -0.2) is 0 Å². The predicted octanol–water partition coefficient (Wildman–Crippen LogP) is 3.27. The molecule has 182 valence electrons. The van der Waals surface area contributed by atoms with E-state index in [9.17, 15) is 15.0 Å². The van der Waals surface area contributed by atoms with Crippen molar-refractivity contribution in [2.24, 2.45) is 0 Å². The molecule has 0 aromatic heterocycles. The van der Waals surface area contributed by atoms with Gasteiger partial charge in [-0.3, -0.25) is 4.79 Å². The highest BCUT2D eigenvalue weighted by atomic mass is 16.7. The molecule has 0 radical (unpaired) electrons. The summed E-state index contributed by atoms with van der Waals surface area (Å²) in [4.78, 5) is 10.5. The Balaban J connectivity index is 1.74. The third-order valence-electron chi connectivity index (χ3n) is 6.04. The largest absolute Gasteiger partial charge is 0.481 e. The fourth-order valence-corrected chi connectivity index (χ4v) is 4.12. The summed E-state index contributed by atoms with van der Waals surface area (Å²) < 4.78 is 16.7. The van der Waals surface area contributed by atoms with Gasteiger partial charge in [0, 0.05) is 13.5 Å². The summed E-state index contributed by atoms with van der Waals surface area (Å²) in [7, 11) is 1.46. The number of aliphatic hydroxyl groups excluding tert-OH is 2. The van der Waals surface area contributed by atoms with Crippen LogP contribution in [0.15, 0.2) is 18.2 Å². The Morgan fingerprint density at radius 3 is 2.28 bits per heavy atom. The third-order valence-corrected chi connectivity index (χ3v) is 6.04. The number of aryl methyl sites for hydroxylation is 1. The number of unbranched alkanes of at least 4 members (excludes halogenated alkanes) is 7. The number of para-hydroxylation sites is 1. The van der Waals surface area contributed by atoms with Crippen LogP contribution in [0.4, 0.5) is 5.69 Å². The molecule has 2 rings (SSSR count). The zero-order valence-corrected chi connectivity index (χ0v) is 19.2. The Kier molecular flexibility index (Phi) is 11.2. The van der Waals surface area contributed by atoms with Gasteiger partial charge in [0.15, 0.2) is 0 Å². The second-order valence-electron chi connectivity index (χ2n) is 8.56. The van der Waals surface area contributed by atoms with Crippen LogP contribution in [0, 0.1) is 0 Å². The molecule has 1 saturated heterocycles. The van der Waals surface area contributed by atoms with Crippen molar-refractivity contribution in [1.29, 1.82) is 0 Å². The molecule has 5 atom stereocenters. The summed E-state index contributed by atoms with van der Waals surface area (Å²) in [6.07, 6.45) is 5.05. The van der Waals surface area contributed by atoms with E-state index in [2.05, 4.69) is 0 Å². The van der Waals surface area contributed by atoms with Crippen LogP contribution in [0.5, 0.6) is 5.75 Å². The Morgan fingerprint density at radius 2 is 1.66 bits per heavy atom. The van der Waals surface area contributed by atoms with E-state index in [1.807, 2.05) is 12.1 Å². The molecule has 5 N–H and O–H groups in total. The van der Waals surface area contributed by atoms with Crippen LogP contribution in [0.1, 0.15) is 70.3 Å². The van der Waals surface area contributed by atoms with Gasteiger partial charge in [0.25, 0.3) is 0 Å². The number of carboxylic acids is 1. The molecule has 0 saturated carbocycles. The summed E-state index contributed by atoms with van der Waals surface area (Å²) in [5, 5.41) is 29.2. The number of nitrogens with two attached hydrogens (primary N) is 1. The second kappa shape index (κ2) is 13.6. The maximum atomic E-state index is 10.5. The number of aliphatic carboxylic acids is 1. The van der Waals surface area contributed by atoms with Gasteiger partial charge in [-0.15, -0.1) is 0 Å². The zero-order valence-electron chi connectivity index (χ0n) is 19.2. The summed E-state index contributed by atoms with van der Waals surface area (Å²) in [5.74, 6) is -0.281. The Bertz CT molecular complexity index is 699. The van der Waals surface area contributed by atoms with Crippen molar-refractivity contribution >= 4 is 11.7 Å². The summed E-state index contributed by atoms with van der Waals surface area (Å²) in [5.41, 5.74) is 7.82. The predicted molar refractivity (Wildman–Crippen MR) is 122 cm³/mol. The Morgan fingerprint density at radius 1 is 1.03 bits per heavy atom. The molecule has 0 amide bonds. The van der Waals surface area contributed by atoms with Crippen molar-refractivity contribution in [1.82, 2.24) is 0 Å². The van der Waals surface area contributed by atoms with Crippen LogP contribution < -0.4 is 10.5 Å². The van der Waals surface area contributed by atoms with E-state index in [0.29, 0.717) is 11.4 Å². The molecule has 1 heterocycles. The lowest BCUT2D eigenvalue weighted by molar-refractivity contribution is -0.272. The average Bonchev–Trinajstić information content (AvgIpc) is 2.75. The van der Waals surface area contributed by atoms with E-state index in [0.717, 1.165) is 63.4 Å². The first-order chi connectivity index (χ1) is 15.3. The molecular weight excluding hydrogens is 414 g/mol. The Hall–Kier alpha value is -1.87. The van der Waals surface area contributed by atoms with Crippen LogP contribution in [0.2, 0.25) is 0 Å². The molecule has 1 aromatic carbocycles. The number of rotatable bonds is 14. The molecule has 1 aromatic rings. The van der Waals surface area contributed by atoms with Crippen molar-refractivity contribution < 1.29 is 34.3 Å². The minimum Gasteiger partial charge on any atom is -0.481 e. The van der Waals surface area contributed by atoms with Crippen molar-refractivity contribution in [2.45, 2.75) is 102 Å². The van der Waals surface area contributed by atoms with Crippen molar-refractivity contribution in [3.63, 3.8) is 0 Å². The van der Waals surface area contributed by atoms with E-state index in [1.54, 1.807) is 13.0 Å². The standard InChI is InChI=1S/C24H39NO7/c1-16-23(30-2)21(28)22(29)24(31-16)32-18-14-11-13-17(20(18)25)12-9-7-5-3-4-6-8-10-15-19(26)27/h11,13-14,16,21-24,28-29H,3-10,12,15,25H2,1-2H3,(H,26,27)/t16-,21-,22+,23-,24-/m0/s1. The minimum absolute atomic E-state index is 0.267. The molecule has 1 aliphatic heterocycles. The molecule has 1 aliphatic rings. The first-order valence-electron chi connectivity index (χ1n) is 11.6. The highest BCUT2D eigenvalue weighted by Crippen LogP contribution is 2.31. The number of ether oxygens (including phenoxy) is 3. The van der Waals surface area contributed by atoms with Crippen LogP contribution in [-0.2, 0) is 20.7 Å². The number of carboxylic acid groups (broad SMARTS) is 1. The molecular formula is C24H39NO7. The third kappa shape index (κ3) is 7.92. The Labute approximate surface area is 190 Å². The highest BCUT2D eigenvalue weighted by Gasteiger charge is 2.44. The van der Waals surface area contributed by atoms with Crippen molar-refractivity contribution in [2.75, 3.05) is 12.8 Å². The fraction of sp³-hybridized carbons (Fsp3) is 0.708. The van der Waals surface area contributed by atoms with Gasteiger partial charge in [0.2, 0.25) is 6.29 Å². The van der Waals surface area contributed by atoms with Gasteiger partial charge in [-0.2, -0.15) is 0 Å². The SMILES string of the molecule is CO[C@@H]1[C@@H](O)[C@@H](O)[C@H](Oc2cccc(CCCCCCCCCCC(=O)O)c2N)O[C@H]1C.